The van der Waals surface area contributed by atoms with Gasteiger partial charge in [0.25, 0.3) is 5.91 Å². The molecule has 5 nitrogen and oxygen atoms in total. The lowest BCUT2D eigenvalue weighted by Gasteiger charge is -2.22. The standard InChI is InChI=1S/C15H22N2O3/c1-20-12-8-10(7-11(16)9-12)15(19)17-13-5-3-2-4-6-14(13)18/h7-9,13-14,18H,2-6,16H2,1H3,(H,17,19). The molecule has 2 unspecified atom stereocenters. The zero-order chi connectivity index (χ0) is 14.5. The van der Waals surface area contributed by atoms with Crippen LogP contribution in [0.1, 0.15) is 42.5 Å². The summed E-state index contributed by atoms with van der Waals surface area (Å²) >= 11 is 0. The number of nitrogens with two attached hydrogens (primary N) is 1. The maximum Gasteiger partial charge on any atom is 0.251 e. The van der Waals surface area contributed by atoms with Crippen LogP contribution in [0.4, 0.5) is 5.69 Å². The Balaban J connectivity index is 2.09. The highest BCUT2D eigenvalue weighted by atomic mass is 16.5. The van der Waals surface area contributed by atoms with E-state index in [-0.39, 0.29) is 11.9 Å². The third kappa shape index (κ3) is 3.63. The number of aliphatic hydroxyl groups excluding tert-OH is 1. The number of nitrogens with one attached hydrogen (secondary N) is 1. The van der Waals surface area contributed by atoms with Gasteiger partial charge in [-0.25, -0.2) is 0 Å². The number of ether oxygens (including phenoxy) is 1. The second-order valence-electron chi connectivity index (χ2n) is 5.28. The number of hydrogen-bond acceptors (Lipinski definition) is 4. The van der Waals surface area contributed by atoms with Gasteiger partial charge in [0, 0.05) is 17.3 Å². The van der Waals surface area contributed by atoms with Crippen molar-refractivity contribution >= 4 is 11.6 Å². The number of carbonyl (C=O) groups is 1. The van der Waals surface area contributed by atoms with Crippen molar-refractivity contribution in [2.75, 3.05) is 12.8 Å². The van der Waals surface area contributed by atoms with E-state index in [0.29, 0.717) is 17.0 Å². The Morgan fingerprint density at radius 1 is 1.30 bits per heavy atom. The summed E-state index contributed by atoms with van der Waals surface area (Å²) < 4.78 is 5.11. The van der Waals surface area contributed by atoms with Gasteiger partial charge in [0.15, 0.2) is 0 Å². The number of carbonyl (C=O) groups excluding carboxylic acids is 1. The van der Waals surface area contributed by atoms with E-state index >= 15 is 0 Å². The molecule has 1 aromatic carbocycles. The fraction of sp³-hybridized carbons (Fsp3) is 0.533. The number of anilines is 1. The Labute approximate surface area is 119 Å². The van der Waals surface area contributed by atoms with E-state index in [1.54, 1.807) is 18.2 Å². The van der Waals surface area contributed by atoms with Gasteiger partial charge in [0.05, 0.1) is 19.3 Å². The number of benzene rings is 1. The van der Waals surface area contributed by atoms with Gasteiger partial charge in [0.2, 0.25) is 0 Å². The average Bonchev–Trinajstić information content (AvgIpc) is 2.63. The smallest absolute Gasteiger partial charge is 0.251 e. The molecule has 0 saturated heterocycles. The topological polar surface area (TPSA) is 84.6 Å². The first-order valence-electron chi connectivity index (χ1n) is 7.03. The molecule has 1 fully saturated rings. The average molecular weight is 278 g/mol. The minimum Gasteiger partial charge on any atom is -0.497 e. The quantitative estimate of drug-likeness (QED) is 0.580. The van der Waals surface area contributed by atoms with Gasteiger partial charge in [-0.15, -0.1) is 0 Å². The van der Waals surface area contributed by atoms with Crippen molar-refractivity contribution in [2.24, 2.45) is 0 Å². The number of hydrogen-bond donors (Lipinski definition) is 3. The zero-order valence-electron chi connectivity index (χ0n) is 11.8. The summed E-state index contributed by atoms with van der Waals surface area (Å²) in [6.07, 6.45) is 4.24. The van der Waals surface area contributed by atoms with Crippen molar-refractivity contribution in [3.63, 3.8) is 0 Å². The van der Waals surface area contributed by atoms with Crippen molar-refractivity contribution in [1.82, 2.24) is 5.32 Å². The van der Waals surface area contributed by atoms with Gasteiger partial charge in [-0.2, -0.15) is 0 Å². The molecule has 0 spiro atoms. The summed E-state index contributed by atoms with van der Waals surface area (Å²) in [7, 11) is 1.53. The van der Waals surface area contributed by atoms with Crippen LogP contribution < -0.4 is 15.8 Å². The molecular formula is C15H22N2O3. The van der Waals surface area contributed by atoms with Crippen LogP contribution in [0.15, 0.2) is 18.2 Å². The van der Waals surface area contributed by atoms with Crippen LogP contribution in [0, 0.1) is 0 Å². The maximum atomic E-state index is 12.3. The first kappa shape index (κ1) is 14.7. The summed E-state index contributed by atoms with van der Waals surface area (Å²) in [5.74, 6) is 0.332. The van der Waals surface area contributed by atoms with Crippen molar-refractivity contribution in [1.29, 1.82) is 0 Å². The van der Waals surface area contributed by atoms with E-state index in [4.69, 9.17) is 10.5 Å². The Morgan fingerprint density at radius 3 is 2.80 bits per heavy atom. The Morgan fingerprint density at radius 2 is 2.05 bits per heavy atom. The molecule has 1 aliphatic carbocycles. The third-order valence-corrected chi connectivity index (χ3v) is 3.72. The highest BCUT2D eigenvalue weighted by Crippen LogP contribution is 2.21. The molecule has 0 radical (unpaired) electrons. The molecule has 2 rings (SSSR count). The van der Waals surface area contributed by atoms with E-state index in [2.05, 4.69) is 5.32 Å². The number of nitrogen functional groups attached to an aromatic ring is 1. The summed E-state index contributed by atoms with van der Waals surface area (Å²) in [6.45, 7) is 0. The van der Waals surface area contributed by atoms with Crippen LogP contribution >= 0.6 is 0 Å². The van der Waals surface area contributed by atoms with Crippen LogP contribution in [0.5, 0.6) is 5.75 Å². The monoisotopic (exact) mass is 278 g/mol. The fourth-order valence-electron chi connectivity index (χ4n) is 2.58. The molecule has 5 heteroatoms. The van der Waals surface area contributed by atoms with Crippen molar-refractivity contribution in [3.8, 4) is 5.75 Å². The molecule has 4 N–H and O–H groups in total. The van der Waals surface area contributed by atoms with Crippen LogP contribution in [0.3, 0.4) is 0 Å². The molecule has 1 aromatic rings. The Hall–Kier alpha value is -1.75. The molecular weight excluding hydrogens is 256 g/mol. The lowest BCUT2D eigenvalue weighted by Crippen LogP contribution is -2.42. The second-order valence-corrected chi connectivity index (χ2v) is 5.28. The summed E-state index contributed by atoms with van der Waals surface area (Å²) in [6, 6.07) is 4.74. The number of methoxy groups -OCH3 is 1. The van der Waals surface area contributed by atoms with Crippen molar-refractivity contribution < 1.29 is 14.6 Å². The maximum absolute atomic E-state index is 12.3. The number of aliphatic hydroxyl groups is 1. The van der Waals surface area contributed by atoms with E-state index in [1.807, 2.05) is 0 Å². The molecule has 0 bridgehead atoms. The first-order chi connectivity index (χ1) is 9.60. The normalized spacial score (nSPS) is 22.9. The molecule has 1 saturated carbocycles. The van der Waals surface area contributed by atoms with Crippen LogP contribution in [-0.4, -0.2) is 30.3 Å². The first-order valence-corrected chi connectivity index (χ1v) is 7.03. The Bertz CT molecular complexity index is 476. The minimum atomic E-state index is -0.468. The molecule has 0 heterocycles. The minimum absolute atomic E-state index is 0.183. The molecule has 0 aliphatic heterocycles. The van der Waals surface area contributed by atoms with Crippen LogP contribution in [0.2, 0.25) is 0 Å². The van der Waals surface area contributed by atoms with Crippen LogP contribution in [-0.2, 0) is 0 Å². The predicted octanol–water partition coefficient (Wildman–Crippen LogP) is 1.70. The molecule has 2 atom stereocenters. The van der Waals surface area contributed by atoms with E-state index < -0.39 is 6.10 Å². The van der Waals surface area contributed by atoms with Gasteiger partial charge in [-0.1, -0.05) is 19.3 Å². The lowest BCUT2D eigenvalue weighted by molar-refractivity contribution is 0.0818. The summed E-state index contributed by atoms with van der Waals surface area (Å²) in [5, 5.41) is 12.9. The number of amides is 1. The Kier molecular flexibility index (Phi) is 4.84. The van der Waals surface area contributed by atoms with Gasteiger partial charge in [-0.05, 0) is 25.0 Å². The largest absolute Gasteiger partial charge is 0.497 e. The van der Waals surface area contributed by atoms with Gasteiger partial charge in [0.1, 0.15) is 5.75 Å². The molecule has 1 aliphatic rings. The highest BCUT2D eigenvalue weighted by molar-refractivity contribution is 5.95. The predicted molar refractivity (Wildman–Crippen MR) is 77.8 cm³/mol. The summed E-state index contributed by atoms with van der Waals surface area (Å²) in [5.41, 5.74) is 6.69. The van der Waals surface area contributed by atoms with Gasteiger partial charge < -0.3 is 20.9 Å². The number of rotatable bonds is 3. The summed E-state index contributed by atoms with van der Waals surface area (Å²) in [4.78, 5) is 12.3. The van der Waals surface area contributed by atoms with E-state index in [0.717, 1.165) is 32.1 Å². The van der Waals surface area contributed by atoms with Crippen molar-refractivity contribution in [2.45, 2.75) is 44.2 Å². The molecule has 110 valence electrons. The molecule has 20 heavy (non-hydrogen) atoms. The SMILES string of the molecule is COc1cc(N)cc(C(=O)NC2CCCCCC2O)c1. The van der Waals surface area contributed by atoms with Crippen LogP contribution in [0.25, 0.3) is 0 Å². The van der Waals surface area contributed by atoms with Gasteiger partial charge >= 0.3 is 0 Å². The van der Waals surface area contributed by atoms with Gasteiger partial charge in [-0.3, -0.25) is 4.79 Å². The highest BCUT2D eigenvalue weighted by Gasteiger charge is 2.23. The van der Waals surface area contributed by atoms with E-state index in [9.17, 15) is 9.90 Å². The van der Waals surface area contributed by atoms with Crippen molar-refractivity contribution in [3.05, 3.63) is 23.8 Å². The second kappa shape index (κ2) is 6.61. The van der Waals surface area contributed by atoms with E-state index in [1.165, 1.54) is 7.11 Å². The molecule has 1 amide bonds. The lowest BCUT2D eigenvalue weighted by atomic mass is 10.1. The third-order valence-electron chi connectivity index (χ3n) is 3.72. The fourth-order valence-corrected chi connectivity index (χ4v) is 2.58. The zero-order valence-corrected chi connectivity index (χ0v) is 11.8. The molecule has 0 aromatic heterocycles.